The molecule has 1 amide bonds. The van der Waals surface area contributed by atoms with Gasteiger partial charge in [-0.15, -0.1) is 0 Å². The van der Waals surface area contributed by atoms with E-state index in [2.05, 4.69) is 15.3 Å². The first kappa shape index (κ1) is 26.1. The Balaban J connectivity index is 1.56. The molecule has 0 saturated carbocycles. The van der Waals surface area contributed by atoms with Crippen molar-refractivity contribution in [2.45, 2.75) is 70.2 Å². The molecule has 2 aliphatic heterocycles. The molecule has 2 aliphatic rings. The van der Waals surface area contributed by atoms with Gasteiger partial charge in [-0.25, -0.2) is 27.9 Å². The number of nitrogens with zero attached hydrogens (tertiary/aromatic N) is 3. The van der Waals surface area contributed by atoms with Gasteiger partial charge in [-0.3, -0.25) is 4.90 Å². The topological polar surface area (TPSA) is 76.6 Å². The van der Waals surface area contributed by atoms with E-state index in [-0.39, 0.29) is 37.4 Å². The highest BCUT2D eigenvalue weighted by Gasteiger charge is 2.41. The third-order valence-corrected chi connectivity index (χ3v) is 5.86. The number of carbonyl (C=O) groups excluding carboxylic acids is 1. The van der Waals surface area contributed by atoms with Gasteiger partial charge in [-0.1, -0.05) is 0 Å². The molecule has 1 aromatic heterocycles. The predicted molar refractivity (Wildman–Crippen MR) is 113 cm³/mol. The van der Waals surface area contributed by atoms with Crippen molar-refractivity contribution in [3.63, 3.8) is 0 Å². The maximum Gasteiger partial charge on any atom is 0.451 e. The second-order valence-electron chi connectivity index (χ2n) is 9.75. The smallest absolute Gasteiger partial charge is 0.444 e. The predicted octanol–water partition coefficient (Wildman–Crippen LogP) is 4.65. The van der Waals surface area contributed by atoms with Crippen molar-refractivity contribution in [1.82, 2.24) is 20.2 Å². The number of fused-ring (bicyclic) bond motifs is 1. The number of carbonyl (C=O) groups is 1. The summed E-state index contributed by atoms with van der Waals surface area (Å²) in [6, 6.07) is -0.255. The van der Waals surface area contributed by atoms with E-state index >= 15 is 0 Å². The van der Waals surface area contributed by atoms with Crippen LogP contribution in [-0.4, -0.2) is 45.3 Å². The van der Waals surface area contributed by atoms with Crippen molar-refractivity contribution in [2.24, 2.45) is 0 Å². The second-order valence-corrected chi connectivity index (χ2v) is 9.75. The van der Waals surface area contributed by atoms with Crippen LogP contribution in [0.5, 0.6) is 0 Å². The molecule has 3 heterocycles. The van der Waals surface area contributed by atoms with E-state index in [1.54, 1.807) is 25.7 Å². The Bertz CT molecular complexity index is 1150. The Morgan fingerprint density at radius 2 is 1.81 bits per heavy atom. The molecule has 196 valence electrons. The molecule has 36 heavy (non-hydrogen) atoms. The molecule has 13 heteroatoms. The summed E-state index contributed by atoms with van der Waals surface area (Å²) in [6.45, 7) is 5.26. The van der Waals surface area contributed by atoms with Crippen molar-refractivity contribution in [2.75, 3.05) is 6.61 Å². The van der Waals surface area contributed by atoms with Crippen LogP contribution >= 0.6 is 0 Å². The fourth-order valence-electron chi connectivity index (χ4n) is 4.30. The number of halogens is 6. The van der Waals surface area contributed by atoms with Crippen LogP contribution in [-0.2, 0) is 28.7 Å². The molecule has 0 radical (unpaired) electrons. The molecule has 3 atom stereocenters. The van der Waals surface area contributed by atoms with Crippen molar-refractivity contribution < 1.29 is 40.6 Å². The van der Waals surface area contributed by atoms with Crippen LogP contribution in [0.2, 0.25) is 0 Å². The Morgan fingerprint density at radius 1 is 1.11 bits per heavy atom. The highest BCUT2D eigenvalue weighted by atomic mass is 19.4. The van der Waals surface area contributed by atoms with E-state index in [1.165, 1.54) is 0 Å². The summed E-state index contributed by atoms with van der Waals surface area (Å²) in [5, 5.41) is 2.62. The molecule has 1 fully saturated rings. The molecule has 0 unspecified atom stereocenters. The lowest BCUT2D eigenvalue weighted by Gasteiger charge is -2.40. The first-order valence-corrected chi connectivity index (χ1v) is 11.1. The summed E-state index contributed by atoms with van der Waals surface area (Å²) in [6.07, 6.45) is -5.37. The first-order valence-electron chi connectivity index (χ1n) is 11.1. The van der Waals surface area contributed by atoms with E-state index in [4.69, 9.17) is 9.47 Å². The van der Waals surface area contributed by atoms with E-state index in [0.717, 1.165) is 6.20 Å². The minimum Gasteiger partial charge on any atom is -0.444 e. The van der Waals surface area contributed by atoms with Crippen molar-refractivity contribution >= 4 is 6.09 Å². The van der Waals surface area contributed by atoms with Crippen LogP contribution in [0, 0.1) is 17.5 Å². The minimum atomic E-state index is -4.68. The number of benzene rings is 1. The van der Waals surface area contributed by atoms with Crippen LogP contribution in [0.25, 0.3) is 0 Å². The van der Waals surface area contributed by atoms with Crippen LogP contribution in [0.1, 0.15) is 55.9 Å². The van der Waals surface area contributed by atoms with E-state index in [0.29, 0.717) is 17.7 Å². The Kier molecular flexibility index (Phi) is 6.90. The van der Waals surface area contributed by atoms with Crippen LogP contribution in [0.3, 0.4) is 0 Å². The van der Waals surface area contributed by atoms with Crippen LogP contribution in [0.4, 0.5) is 31.1 Å². The number of ether oxygens (including phenoxy) is 2. The van der Waals surface area contributed by atoms with Gasteiger partial charge in [0.25, 0.3) is 0 Å². The number of amides is 1. The van der Waals surface area contributed by atoms with E-state index < -0.39 is 59.3 Å². The summed E-state index contributed by atoms with van der Waals surface area (Å²) in [7, 11) is 0. The molecule has 1 saturated heterocycles. The SMILES string of the molecule is CC(C)(C)OC(=O)N[C@H]1C[C@@H](N2Cc3cnc(C(F)(F)F)nc3C2)CO[C@@H]1c1cc(F)c(F)cc1F. The Labute approximate surface area is 202 Å². The lowest BCUT2D eigenvalue weighted by molar-refractivity contribution is -0.145. The van der Waals surface area contributed by atoms with Gasteiger partial charge in [-0.2, -0.15) is 13.2 Å². The zero-order valence-corrected chi connectivity index (χ0v) is 19.6. The maximum atomic E-state index is 14.6. The van der Waals surface area contributed by atoms with Gasteiger partial charge in [0.05, 0.1) is 18.3 Å². The summed E-state index contributed by atoms with van der Waals surface area (Å²) >= 11 is 0. The standard InChI is InChI=1S/C23H24F6N4O3/c1-22(2,3)36-21(34)32-17-4-12(10-35-19(17)13-5-15(25)16(26)6-14(13)24)33-8-11-7-30-20(23(27,28)29)31-18(11)9-33/h5-7,12,17,19H,4,8-10H2,1-3H3,(H,32,34)/t12-,17+,19-/m1/s1. The van der Waals surface area contributed by atoms with Crippen molar-refractivity contribution in [1.29, 1.82) is 0 Å². The third kappa shape index (κ3) is 5.72. The largest absolute Gasteiger partial charge is 0.451 e. The molecule has 0 bridgehead atoms. The molecule has 7 nitrogen and oxygen atoms in total. The number of rotatable bonds is 3. The molecule has 1 aromatic carbocycles. The number of hydrogen-bond donors (Lipinski definition) is 1. The number of nitrogens with one attached hydrogen (secondary N) is 1. The van der Waals surface area contributed by atoms with Crippen LogP contribution in [0.15, 0.2) is 18.3 Å². The van der Waals surface area contributed by atoms with Gasteiger partial charge in [-0.05, 0) is 33.3 Å². The summed E-state index contributed by atoms with van der Waals surface area (Å²) in [5.74, 6) is -4.92. The third-order valence-electron chi connectivity index (χ3n) is 5.86. The lowest BCUT2D eigenvalue weighted by Crippen LogP contribution is -2.52. The van der Waals surface area contributed by atoms with E-state index in [9.17, 15) is 31.1 Å². The highest BCUT2D eigenvalue weighted by molar-refractivity contribution is 5.68. The number of aromatic nitrogens is 2. The average Bonchev–Trinajstić information content (AvgIpc) is 3.18. The Morgan fingerprint density at radius 3 is 2.47 bits per heavy atom. The van der Waals surface area contributed by atoms with E-state index in [1.807, 2.05) is 0 Å². The van der Waals surface area contributed by atoms with Crippen molar-refractivity contribution in [3.05, 3.63) is 58.4 Å². The summed E-state index contributed by atoms with van der Waals surface area (Å²) < 4.78 is 92.1. The number of alkyl halides is 3. The van der Waals surface area contributed by atoms with Gasteiger partial charge in [0.15, 0.2) is 11.6 Å². The molecule has 0 spiro atoms. The zero-order valence-electron chi connectivity index (χ0n) is 19.6. The lowest BCUT2D eigenvalue weighted by atomic mass is 9.92. The molecule has 2 aromatic rings. The molecular weight excluding hydrogens is 494 g/mol. The summed E-state index contributed by atoms with van der Waals surface area (Å²) in [4.78, 5) is 21.3. The number of hydrogen-bond acceptors (Lipinski definition) is 6. The number of alkyl carbamates (subject to hydrolysis) is 1. The molecule has 4 rings (SSSR count). The minimum absolute atomic E-state index is 0.0108. The Hall–Kier alpha value is -2.93. The normalized spacial score (nSPS) is 22.9. The van der Waals surface area contributed by atoms with Gasteiger partial charge in [0.2, 0.25) is 5.82 Å². The van der Waals surface area contributed by atoms with Gasteiger partial charge in [0, 0.05) is 42.5 Å². The highest BCUT2D eigenvalue weighted by Crippen LogP contribution is 2.36. The molecule has 1 N–H and O–H groups in total. The summed E-state index contributed by atoms with van der Waals surface area (Å²) in [5.41, 5.74) is -0.373. The second kappa shape index (κ2) is 9.51. The van der Waals surface area contributed by atoms with Crippen LogP contribution < -0.4 is 5.32 Å². The van der Waals surface area contributed by atoms with Crippen molar-refractivity contribution in [3.8, 4) is 0 Å². The zero-order chi connectivity index (χ0) is 26.4. The average molecular weight is 518 g/mol. The quantitative estimate of drug-likeness (QED) is 0.471. The fraction of sp³-hybridized carbons (Fsp3) is 0.522. The monoisotopic (exact) mass is 518 g/mol. The molecule has 0 aliphatic carbocycles. The maximum absolute atomic E-state index is 14.6. The first-order chi connectivity index (χ1) is 16.7. The van der Waals surface area contributed by atoms with Gasteiger partial charge >= 0.3 is 12.3 Å². The van der Waals surface area contributed by atoms with Gasteiger partial charge < -0.3 is 14.8 Å². The molecular formula is C23H24F6N4O3. The fourth-order valence-corrected chi connectivity index (χ4v) is 4.30. The van der Waals surface area contributed by atoms with Gasteiger partial charge in [0.1, 0.15) is 17.5 Å².